The molecule has 2 aromatic heterocycles. The normalized spacial score (nSPS) is 10.7. The van der Waals surface area contributed by atoms with E-state index in [1.807, 2.05) is 55.0 Å². The molecule has 0 aliphatic heterocycles. The molecule has 0 radical (unpaired) electrons. The van der Waals surface area contributed by atoms with E-state index >= 15 is 0 Å². The Morgan fingerprint density at radius 2 is 1.93 bits per heavy atom. The van der Waals surface area contributed by atoms with Crippen LogP contribution in [0.15, 0.2) is 73.2 Å². The summed E-state index contributed by atoms with van der Waals surface area (Å²) in [4.78, 5) is 15.5. The molecule has 4 aromatic rings. The first-order valence-corrected chi connectivity index (χ1v) is 9.46. The monoisotopic (exact) mass is 407 g/mol. The first kappa shape index (κ1) is 18.8. The molecule has 0 aliphatic carbocycles. The largest absolute Gasteiger partial charge is 0.495 e. The lowest BCUT2D eigenvalue weighted by Crippen LogP contribution is -2.19. The van der Waals surface area contributed by atoms with Crippen molar-refractivity contribution in [3.63, 3.8) is 0 Å². The molecule has 4 rings (SSSR count). The SMILES string of the molecule is COc1ccc(NC(=O)Nc2cccc3c2ccn3Cc2cc[nH+]cc2)cc1Cl. The number of ether oxygens (including phenoxy) is 1. The number of carbonyl (C=O) groups is 1. The molecule has 2 amide bonds. The standard InChI is InChI=1S/C22H19ClN4O2/c1-29-21-6-5-16(13-18(21)23)25-22(28)26-19-3-2-4-20-17(19)9-12-27(20)14-15-7-10-24-11-8-15/h2-13H,14H2,1H3,(H2,25,26,28)/p+1. The van der Waals surface area contributed by atoms with E-state index in [0.29, 0.717) is 16.5 Å². The van der Waals surface area contributed by atoms with Crippen LogP contribution in [0, 0.1) is 0 Å². The van der Waals surface area contributed by atoms with Crippen LogP contribution < -0.4 is 20.4 Å². The first-order valence-electron chi connectivity index (χ1n) is 9.08. The Morgan fingerprint density at radius 1 is 1.10 bits per heavy atom. The van der Waals surface area contributed by atoms with Gasteiger partial charge in [-0.2, -0.15) is 0 Å². The van der Waals surface area contributed by atoms with Crippen molar-refractivity contribution < 1.29 is 14.5 Å². The van der Waals surface area contributed by atoms with Gasteiger partial charge in [0.05, 0.1) is 23.3 Å². The molecule has 0 saturated heterocycles. The number of nitrogens with one attached hydrogen (secondary N) is 3. The summed E-state index contributed by atoms with van der Waals surface area (Å²) < 4.78 is 7.28. The quantitative estimate of drug-likeness (QED) is 0.498. The van der Waals surface area contributed by atoms with Gasteiger partial charge in [-0.15, -0.1) is 0 Å². The van der Waals surface area contributed by atoms with Crippen LogP contribution in [-0.2, 0) is 6.54 Å². The van der Waals surface area contributed by atoms with Gasteiger partial charge < -0.3 is 19.9 Å². The van der Waals surface area contributed by atoms with Crippen LogP contribution in [0.3, 0.4) is 0 Å². The number of H-pyrrole nitrogens is 1. The lowest BCUT2D eigenvalue weighted by Gasteiger charge is -2.11. The number of amides is 2. The van der Waals surface area contributed by atoms with Gasteiger partial charge in [-0.3, -0.25) is 0 Å². The lowest BCUT2D eigenvalue weighted by atomic mass is 10.2. The fourth-order valence-corrected chi connectivity index (χ4v) is 3.48. The molecule has 0 unspecified atom stereocenters. The maximum absolute atomic E-state index is 12.5. The van der Waals surface area contributed by atoms with Crippen LogP contribution in [0.2, 0.25) is 5.02 Å². The van der Waals surface area contributed by atoms with Gasteiger partial charge >= 0.3 is 6.03 Å². The zero-order valence-corrected chi connectivity index (χ0v) is 16.5. The number of nitrogens with zero attached hydrogens (tertiary/aromatic N) is 1. The fourth-order valence-electron chi connectivity index (χ4n) is 3.22. The number of hydrogen-bond donors (Lipinski definition) is 2. The van der Waals surface area contributed by atoms with E-state index < -0.39 is 0 Å². The minimum atomic E-state index is -0.343. The molecule has 6 nitrogen and oxygen atoms in total. The third-order valence-corrected chi connectivity index (χ3v) is 4.91. The molecule has 0 spiro atoms. The number of methoxy groups -OCH3 is 1. The van der Waals surface area contributed by atoms with Crippen LogP contribution in [-0.4, -0.2) is 17.7 Å². The molecule has 7 heteroatoms. The molecule has 3 N–H and O–H groups in total. The van der Waals surface area contributed by atoms with E-state index in [1.54, 1.807) is 25.3 Å². The van der Waals surface area contributed by atoms with Crippen molar-refractivity contribution in [2.45, 2.75) is 6.54 Å². The third kappa shape index (κ3) is 4.17. The van der Waals surface area contributed by atoms with Crippen LogP contribution >= 0.6 is 11.6 Å². The number of fused-ring (bicyclic) bond motifs is 1. The van der Waals surface area contributed by atoms with Crippen molar-refractivity contribution in [1.82, 2.24) is 4.57 Å². The summed E-state index contributed by atoms with van der Waals surface area (Å²) in [5.41, 5.74) is 3.55. The molecule has 0 aliphatic rings. The van der Waals surface area contributed by atoms with Gasteiger partial charge in [0.1, 0.15) is 5.75 Å². The van der Waals surface area contributed by atoms with Crippen molar-refractivity contribution in [3.05, 3.63) is 83.8 Å². The Hall–Kier alpha value is -3.51. The smallest absolute Gasteiger partial charge is 0.323 e. The molecule has 0 bridgehead atoms. The zero-order chi connectivity index (χ0) is 20.2. The lowest BCUT2D eigenvalue weighted by molar-refractivity contribution is -0.378. The topological polar surface area (TPSA) is 69.4 Å². The molecule has 2 heterocycles. The summed E-state index contributed by atoms with van der Waals surface area (Å²) in [5, 5.41) is 7.11. The van der Waals surface area contributed by atoms with Crippen LogP contribution in [0.4, 0.5) is 16.2 Å². The van der Waals surface area contributed by atoms with Crippen LogP contribution in [0.1, 0.15) is 5.56 Å². The predicted molar refractivity (Wildman–Crippen MR) is 115 cm³/mol. The van der Waals surface area contributed by atoms with Gasteiger partial charge in [0.25, 0.3) is 0 Å². The second-order valence-corrected chi connectivity index (χ2v) is 6.93. The van der Waals surface area contributed by atoms with Crippen LogP contribution in [0.25, 0.3) is 10.9 Å². The number of urea groups is 1. The number of halogens is 1. The van der Waals surface area contributed by atoms with Gasteiger partial charge in [-0.1, -0.05) is 17.7 Å². The molecule has 0 fully saturated rings. The average Bonchev–Trinajstić information content (AvgIpc) is 3.13. The maximum atomic E-state index is 12.5. The minimum Gasteiger partial charge on any atom is -0.495 e. The molecular formula is C22H20ClN4O2+. The second-order valence-electron chi connectivity index (χ2n) is 6.52. The van der Waals surface area contributed by atoms with Gasteiger partial charge in [0, 0.05) is 35.9 Å². The Morgan fingerprint density at radius 3 is 2.69 bits per heavy atom. The predicted octanol–water partition coefficient (Wildman–Crippen LogP) is 4.81. The number of hydrogen-bond acceptors (Lipinski definition) is 2. The van der Waals surface area contributed by atoms with Gasteiger partial charge in [-0.05, 0) is 42.0 Å². The van der Waals surface area contributed by atoms with Gasteiger partial charge in [0.2, 0.25) is 0 Å². The van der Waals surface area contributed by atoms with Gasteiger partial charge in [0.15, 0.2) is 12.4 Å². The molecule has 2 aromatic carbocycles. The highest BCUT2D eigenvalue weighted by Crippen LogP contribution is 2.28. The van der Waals surface area contributed by atoms with Crippen molar-refractivity contribution in [3.8, 4) is 5.75 Å². The highest BCUT2D eigenvalue weighted by atomic mass is 35.5. The zero-order valence-electron chi connectivity index (χ0n) is 15.8. The van der Waals surface area contributed by atoms with E-state index in [0.717, 1.165) is 23.1 Å². The van der Waals surface area contributed by atoms with E-state index in [1.165, 1.54) is 5.56 Å². The van der Waals surface area contributed by atoms with Crippen LogP contribution in [0.5, 0.6) is 5.75 Å². The molecule has 146 valence electrons. The Balaban J connectivity index is 1.52. The summed E-state index contributed by atoms with van der Waals surface area (Å²) in [6.07, 6.45) is 5.83. The fraction of sp³-hybridized carbons (Fsp3) is 0.0909. The summed E-state index contributed by atoms with van der Waals surface area (Å²) in [7, 11) is 1.55. The summed E-state index contributed by atoms with van der Waals surface area (Å²) in [5.74, 6) is 0.556. The van der Waals surface area contributed by atoms with E-state index in [2.05, 4.69) is 20.2 Å². The molecular weight excluding hydrogens is 388 g/mol. The first-order chi connectivity index (χ1) is 14.1. The third-order valence-electron chi connectivity index (χ3n) is 4.61. The molecule has 0 saturated carbocycles. The van der Waals surface area contributed by atoms with E-state index in [9.17, 15) is 4.79 Å². The summed E-state index contributed by atoms with van der Waals surface area (Å²) >= 11 is 6.12. The Labute approximate surface area is 173 Å². The molecule has 29 heavy (non-hydrogen) atoms. The number of aromatic amines is 1. The van der Waals surface area contributed by atoms with E-state index in [4.69, 9.17) is 16.3 Å². The molecule has 0 atom stereocenters. The number of benzene rings is 2. The Bertz CT molecular complexity index is 1160. The number of aromatic nitrogens is 2. The van der Waals surface area contributed by atoms with Gasteiger partial charge in [-0.25, -0.2) is 9.78 Å². The summed E-state index contributed by atoms with van der Waals surface area (Å²) in [6.45, 7) is 0.748. The number of rotatable bonds is 5. The number of pyridine rings is 1. The second kappa shape index (κ2) is 8.24. The summed E-state index contributed by atoms with van der Waals surface area (Å²) in [6, 6.07) is 16.7. The number of anilines is 2. The Kier molecular flexibility index (Phi) is 5.35. The minimum absolute atomic E-state index is 0.343. The highest BCUT2D eigenvalue weighted by molar-refractivity contribution is 6.32. The van der Waals surface area contributed by atoms with Crippen molar-refractivity contribution in [2.24, 2.45) is 0 Å². The average molecular weight is 408 g/mol. The maximum Gasteiger partial charge on any atom is 0.323 e. The van der Waals surface area contributed by atoms with E-state index in [-0.39, 0.29) is 6.03 Å². The van der Waals surface area contributed by atoms with Crippen molar-refractivity contribution in [1.29, 1.82) is 0 Å². The highest BCUT2D eigenvalue weighted by Gasteiger charge is 2.10. The van der Waals surface area contributed by atoms with Crippen molar-refractivity contribution >= 4 is 39.9 Å². The number of carbonyl (C=O) groups excluding carboxylic acids is 1. The van der Waals surface area contributed by atoms with Crippen molar-refractivity contribution in [2.75, 3.05) is 17.7 Å².